The molecule has 0 aliphatic heterocycles. The van der Waals surface area contributed by atoms with E-state index >= 15 is 0 Å². The van der Waals surface area contributed by atoms with E-state index in [2.05, 4.69) is 13.8 Å². The number of carbonyl (C=O) groups is 1. The third-order valence-electron chi connectivity index (χ3n) is 8.06. The molecule has 124 valence electrons. The average molecular weight is 306 g/mol. The molecule has 0 saturated heterocycles. The van der Waals surface area contributed by atoms with Gasteiger partial charge < -0.3 is 10.2 Å². The van der Waals surface area contributed by atoms with E-state index in [1.165, 1.54) is 0 Å². The summed E-state index contributed by atoms with van der Waals surface area (Å²) >= 11 is 0. The number of fused-ring (bicyclic) bond motifs is 5. The number of hydrogen-bond acceptors (Lipinski definition) is 3. The summed E-state index contributed by atoms with van der Waals surface area (Å²) in [6, 6.07) is 0. The maximum atomic E-state index is 13.1. The fourth-order valence-corrected chi connectivity index (χ4v) is 7.10. The van der Waals surface area contributed by atoms with Gasteiger partial charge in [-0.3, -0.25) is 4.79 Å². The smallest absolute Gasteiger partial charge is 0.137 e. The lowest BCUT2D eigenvalue weighted by Crippen LogP contribution is -2.56. The number of ketones is 1. The van der Waals surface area contributed by atoms with E-state index in [1.54, 1.807) is 0 Å². The third kappa shape index (κ3) is 1.97. The van der Waals surface area contributed by atoms with Gasteiger partial charge in [-0.1, -0.05) is 13.8 Å². The summed E-state index contributed by atoms with van der Waals surface area (Å²) in [4.78, 5) is 13.1. The zero-order chi connectivity index (χ0) is 15.7. The maximum absolute atomic E-state index is 13.1. The SMILES string of the molecule is C[C@]12CC(=O)[C@@H]3[C@H](CC[C@H]4C[C@H](O)CC[C@@]43C)[C@@H]1C[C@H](O)C2. The van der Waals surface area contributed by atoms with Crippen LogP contribution < -0.4 is 0 Å². The molecular formula is C19H30O3. The van der Waals surface area contributed by atoms with Gasteiger partial charge in [0.05, 0.1) is 12.2 Å². The lowest BCUT2D eigenvalue weighted by Gasteiger charge is -2.59. The van der Waals surface area contributed by atoms with Crippen molar-refractivity contribution < 1.29 is 15.0 Å². The van der Waals surface area contributed by atoms with E-state index in [0.717, 1.165) is 44.9 Å². The quantitative estimate of drug-likeness (QED) is 0.723. The Morgan fingerprint density at radius 2 is 1.82 bits per heavy atom. The summed E-state index contributed by atoms with van der Waals surface area (Å²) in [7, 11) is 0. The van der Waals surface area contributed by atoms with Gasteiger partial charge in [0, 0.05) is 12.3 Å². The molecule has 4 aliphatic rings. The molecule has 3 heteroatoms. The van der Waals surface area contributed by atoms with Crippen molar-refractivity contribution in [2.24, 2.45) is 34.5 Å². The molecule has 0 aromatic heterocycles. The van der Waals surface area contributed by atoms with Crippen LogP contribution in [-0.4, -0.2) is 28.2 Å². The Morgan fingerprint density at radius 1 is 1.05 bits per heavy atom. The highest BCUT2D eigenvalue weighted by atomic mass is 16.3. The molecule has 3 nitrogen and oxygen atoms in total. The molecule has 0 amide bonds. The Morgan fingerprint density at radius 3 is 2.59 bits per heavy atom. The van der Waals surface area contributed by atoms with Crippen molar-refractivity contribution in [1.29, 1.82) is 0 Å². The van der Waals surface area contributed by atoms with E-state index in [9.17, 15) is 15.0 Å². The second-order valence-corrected chi connectivity index (χ2v) is 9.35. The highest BCUT2D eigenvalue weighted by Crippen LogP contribution is 2.65. The van der Waals surface area contributed by atoms with Gasteiger partial charge in [-0.2, -0.15) is 0 Å². The van der Waals surface area contributed by atoms with Crippen LogP contribution in [0.1, 0.15) is 65.2 Å². The number of rotatable bonds is 0. The first-order chi connectivity index (χ1) is 10.3. The van der Waals surface area contributed by atoms with E-state index in [4.69, 9.17) is 0 Å². The van der Waals surface area contributed by atoms with E-state index in [1.807, 2.05) is 0 Å². The number of aliphatic hydroxyl groups is 2. The first kappa shape index (κ1) is 15.1. The minimum atomic E-state index is -0.208. The number of Topliss-reactive ketones (excluding diaryl/α,β-unsaturated/α-hetero) is 1. The van der Waals surface area contributed by atoms with Gasteiger partial charge in [0.15, 0.2) is 0 Å². The van der Waals surface area contributed by atoms with E-state index in [-0.39, 0.29) is 29.0 Å². The number of hydrogen-bond donors (Lipinski definition) is 2. The lowest BCUT2D eigenvalue weighted by molar-refractivity contribution is -0.159. The Labute approximate surface area is 133 Å². The number of aliphatic hydroxyl groups excluding tert-OH is 2. The van der Waals surface area contributed by atoms with E-state index in [0.29, 0.717) is 30.0 Å². The molecular weight excluding hydrogens is 276 g/mol. The molecule has 0 heterocycles. The van der Waals surface area contributed by atoms with Crippen LogP contribution in [0.2, 0.25) is 0 Å². The molecule has 22 heavy (non-hydrogen) atoms. The predicted molar refractivity (Wildman–Crippen MR) is 84.1 cm³/mol. The molecule has 0 radical (unpaired) electrons. The van der Waals surface area contributed by atoms with E-state index < -0.39 is 0 Å². The van der Waals surface area contributed by atoms with Crippen molar-refractivity contribution in [3.63, 3.8) is 0 Å². The summed E-state index contributed by atoms with van der Waals surface area (Å²) in [6.07, 6.45) is 7.03. The summed E-state index contributed by atoms with van der Waals surface area (Å²) in [5.41, 5.74) is 0.128. The number of carbonyl (C=O) groups excluding carboxylic acids is 1. The van der Waals surface area contributed by atoms with Gasteiger partial charge in [-0.25, -0.2) is 0 Å². The molecule has 4 saturated carbocycles. The Bertz CT molecular complexity index is 489. The normalized spacial score (nSPS) is 57.9. The van der Waals surface area contributed by atoms with Crippen LogP contribution in [0, 0.1) is 34.5 Å². The van der Waals surface area contributed by atoms with Crippen molar-refractivity contribution in [3.8, 4) is 0 Å². The van der Waals surface area contributed by atoms with Gasteiger partial charge in [-0.15, -0.1) is 0 Å². The van der Waals surface area contributed by atoms with Crippen molar-refractivity contribution in [2.45, 2.75) is 77.4 Å². The predicted octanol–water partition coefficient (Wildman–Crippen LogP) is 2.93. The highest BCUT2D eigenvalue weighted by Gasteiger charge is 2.62. The van der Waals surface area contributed by atoms with Crippen molar-refractivity contribution >= 4 is 5.78 Å². The van der Waals surface area contributed by atoms with Crippen LogP contribution >= 0.6 is 0 Å². The first-order valence-corrected chi connectivity index (χ1v) is 9.22. The van der Waals surface area contributed by atoms with Crippen LogP contribution in [-0.2, 0) is 4.79 Å². The molecule has 0 bridgehead atoms. The second kappa shape index (κ2) is 4.80. The summed E-state index contributed by atoms with van der Waals surface area (Å²) in [5, 5.41) is 20.2. The zero-order valence-electron chi connectivity index (χ0n) is 13.9. The Kier molecular flexibility index (Phi) is 3.30. The summed E-state index contributed by atoms with van der Waals surface area (Å²) in [6.45, 7) is 4.56. The average Bonchev–Trinajstić information content (AvgIpc) is 2.73. The fraction of sp³-hybridized carbons (Fsp3) is 0.947. The Balaban J connectivity index is 1.68. The molecule has 0 aromatic rings. The second-order valence-electron chi connectivity index (χ2n) is 9.35. The van der Waals surface area contributed by atoms with Gasteiger partial charge >= 0.3 is 0 Å². The lowest BCUT2D eigenvalue weighted by atomic mass is 9.45. The molecule has 2 N–H and O–H groups in total. The molecule has 4 rings (SSSR count). The molecule has 4 fully saturated rings. The molecule has 0 aromatic carbocycles. The summed E-state index contributed by atoms with van der Waals surface area (Å²) in [5.74, 6) is 2.15. The van der Waals surface area contributed by atoms with Gasteiger partial charge in [-0.05, 0) is 73.5 Å². The van der Waals surface area contributed by atoms with Gasteiger partial charge in [0.1, 0.15) is 5.78 Å². The van der Waals surface area contributed by atoms with Crippen LogP contribution in [0.5, 0.6) is 0 Å². The van der Waals surface area contributed by atoms with Crippen LogP contribution in [0.4, 0.5) is 0 Å². The minimum absolute atomic E-state index is 0.0368. The fourth-order valence-electron chi connectivity index (χ4n) is 7.10. The molecule has 0 spiro atoms. The zero-order valence-corrected chi connectivity index (χ0v) is 13.9. The Hall–Kier alpha value is -0.410. The van der Waals surface area contributed by atoms with Crippen molar-refractivity contribution in [2.75, 3.05) is 0 Å². The monoisotopic (exact) mass is 306 g/mol. The van der Waals surface area contributed by atoms with Crippen molar-refractivity contribution in [1.82, 2.24) is 0 Å². The minimum Gasteiger partial charge on any atom is -0.393 e. The molecule has 8 atom stereocenters. The van der Waals surface area contributed by atoms with Crippen LogP contribution in [0.15, 0.2) is 0 Å². The standard InChI is InChI=1S/C19H30O3/c1-18-9-13(21)8-15(18)14-4-3-11-7-12(20)5-6-19(11,2)17(14)16(22)10-18/h11-15,17,20-21H,3-10H2,1-2H3/t11-,12+,13-,14+,15-,17-,18-,19-/m0/s1. The molecule has 4 aliphatic carbocycles. The largest absolute Gasteiger partial charge is 0.393 e. The van der Waals surface area contributed by atoms with Crippen LogP contribution in [0.3, 0.4) is 0 Å². The van der Waals surface area contributed by atoms with Crippen LogP contribution in [0.25, 0.3) is 0 Å². The maximum Gasteiger partial charge on any atom is 0.137 e. The topological polar surface area (TPSA) is 57.5 Å². The summed E-state index contributed by atoms with van der Waals surface area (Å²) < 4.78 is 0. The van der Waals surface area contributed by atoms with Crippen molar-refractivity contribution in [3.05, 3.63) is 0 Å². The first-order valence-electron chi connectivity index (χ1n) is 9.22. The molecule has 0 unspecified atom stereocenters. The highest BCUT2D eigenvalue weighted by molar-refractivity contribution is 5.84. The third-order valence-corrected chi connectivity index (χ3v) is 8.06. The van der Waals surface area contributed by atoms with Gasteiger partial charge in [0.2, 0.25) is 0 Å². The van der Waals surface area contributed by atoms with Gasteiger partial charge in [0.25, 0.3) is 0 Å².